The molecule has 0 saturated carbocycles. The third-order valence-corrected chi connectivity index (χ3v) is 3.78. The van der Waals surface area contributed by atoms with Crippen LogP contribution < -0.4 is 15.4 Å². The molecule has 0 bridgehead atoms. The van der Waals surface area contributed by atoms with E-state index in [1.54, 1.807) is 48.5 Å². The average Bonchev–Trinajstić information content (AvgIpc) is 2.63. The van der Waals surface area contributed by atoms with Crippen molar-refractivity contribution in [3.8, 4) is 5.75 Å². The van der Waals surface area contributed by atoms with Crippen LogP contribution in [0.5, 0.6) is 5.75 Å². The summed E-state index contributed by atoms with van der Waals surface area (Å²) in [6, 6.07) is 15.8. The van der Waals surface area contributed by atoms with E-state index in [0.717, 1.165) is 0 Å². The quantitative estimate of drug-likeness (QED) is 0.804. The fraction of sp³-hybridized carbons (Fsp3) is 0.211. The Bertz CT molecular complexity index is 822. The summed E-state index contributed by atoms with van der Waals surface area (Å²) in [5.41, 5.74) is 1.16. The molecule has 0 aliphatic carbocycles. The number of hydrogen-bond acceptors (Lipinski definition) is 5. The Kier molecular flexibility index (Phi) is 5.17. The monoisotopic (exact) mass is 354 g/mol. The summed E-state index contributed by atoms with van der Waals surface area (Å²) >= 11 is 0. The number of fused-ring (bicyclic) bond motifs is 1. The Labute approximate surface area is 150 Å². The van der Waals surface area contributed by atoms with E-state index in [-0.39, 0.29) is 6.42 Å². The summed E-state index contributed by atoms with van der Waals surface area (Å²) in [4.78, 5) is 36.2. The molecule has 1 heterocycles. The molecule has 26 heavy (non-hydrogen) atoms. The van der Waals surface area contributed by atoms with E-state index in [2.05, 4.69) is 10.6 Å². The highest BCUT2D eigenvalue weighted by Gasteiger charge is 2.31. The van der Waals surface area contributed by atoms with Crippen molar-refractivity contribution >= 4 is 29.2 Å². The Balaban J connectivity index is 1.53. The van der Waals surface area contributed by atoms with Gasteiger partial charge in [-0.3, -0.25) is 14.4 Å². The fourth-order valence-electron chi connectivity index (χ4n) is 2.44. The largest absolute Gasteiger partial charge is 0.478 e. The van der Waals surface area contributed by atoms with Gasteiger partial charge in [0.05, 0.1) is 12.1 Å². The van der Waals surface area contributed by atoms with Crippen molar-refractivity contribution in [2.45, 2.75) is 25.6 Å². The van der Waals surface area contributed by atoms with E-state index < -0.39 is 30.0 Å². The summed E-state index contributed by atoms with van der Waals surface area (Å²) in [6.45, 7) is 1.47. The molecule has 0 spiro atoms. The molecule has 0 fully saturated rings. The number of anilines is 2. The molecule has 134 valence electrons. The standard InChI is InChI=1S/C19H18N2O5/c1-12(18(23)20-13-7-3-2-4-8-13)25-17(22)11-16-19(24)21-14-9-5-6-10-15(14)26-16/h2-10,12,16H,11H2,1H3,(H,20,23)(H,21,24). The van der Waals surface area contributed by atoms with Gasteiger partial charge in [-0.2, -0.15) is 0 Å². The van der Waals surface area contributed by atoms with Gasteiger partial charge >= 0.3 is 5.97 Å². The van der Waals surface area contributed by atoms with Crippen LogP contribution in [-0.4, -0.2) is 30.0 Å². The highest BCUT2D eigenvalue weighted by Crippen LogP contribution is 2.29. The van der Waals surface area contributed by atoms with Gasteiger partial charge in [0, 0.05) is 5.69 Å². The number of carbonyl (C=O) groups excluding carboxylic acids is 3. The maximum atomic E-state index is 12.1. The minimum Gasteiger partial charge on any atom is -0.478 e. The van der Waals surface area contributed by atoms with E-state index in [9.17, 15) is 14.4 Å². The zero-order chi connectivity index (χ0) is 18.5. The summed E-state index contributed by atoms with van der Waals surface area (Å²) in [6.07, 6.45) is -2.29. The number of ether oxygens (including phenoxy) is 2. The van der Waals surface area contributed by atoms with E-state index in [1.165, 1.54) is 6.92 Å². The van der Waals surface area contributed by atoms with E-state index in [0.29, 0.717) is 17.1 Å². The van der Waals surface area contributed by atoms with Crippen LogP contribution in [0.1, 0.15) is 13.3 Å². The second kappa shape index (κ2) is 7.69. The molecule has 2 unspecified atom stereocenters. The van der Waals surface area contributed by atoms with Crippen LogP contribution in [0.4, 0.5) is 11.4 Å². The second-order valence-electron chi connectivity index (χ2n) is 5.78. The molecule has 1 aliphatic heterocycles. The zero-order valence-corrected chi connectivity index (χ0v) is 14.1. The molecule has 7 nitrogen and oxygen atoms in total. The molecule has 1 aliphatic rings. The first-order valence-electron chi connectivity index (χ1n) is 8.15. The first kappa shape index (κ1) is 17.5. The number of amides is 2. The van der Waals surface area contributed by atoms with Crippen molar-refractivity contribution in [3.05, 3.63) is 54.6 Å². The van der Waals surface area contributed by atoms with Crippen molar-refractivity contribution in [1.29, 1.82) is 0 Å². The molecule has 0 radical (unpaired) electrons. The molecule has 2 amide bonds. The molecular weight excluding hydrogens is 336 g/mol. The molecule has 3 rings (SSSR count). The molecule has 7 heteroatoms. The third-order valence-electron chi connectivity index (χ3n) is 3.78. The Morgan fingerprint density at radius 3 is 2.62 bits per heavy atom. The van der Waals surface area contributed by atoms with Crippen molar-refractivity contribution in [1.82, 2.24) is 0 Å². The van der Waals surface area contributed by atoms with Crippen molar-refractivity contribution < 1.29 is 23.9 Å². The number of esters is 1. The lowest BCUT2D eigenvalue weighted by Gasteiger charge is -2.25. The van der Waals surface area contributed by atoms with Crippen molar-refractivity contribution in [2.75, 3.05) is 10.6 Å². The maximum Gasteiger partial charge on any atom is 0.310 e. The minimum absolute atomic E-state index is 0.289. The summed E-state index contributed by atoms with van der Waals surface area (Å²) in [5.74, 6) is -1.09. The predicted octanol–water partition coefficient (Wildman–Crippen LogP) is 2.35. The van der Waals surface area contributed by atoms with Crippen LogP contribution in [0.3, 0.4) is 0 Å². The van der Waals surface area contributed by atoms with E-state index >= 15 is 0 Å². The number of hydrogen-bond donors (Lipinski definition) is 2. The van der Waals surface area contributed by atoms with E-state index in [1.807, 2.05) is 6.07 Å². The summed E-state index contributed by atoms with van der Waals surface area (Å²) in [5, 5.41) is 5.32. The molecule has 0 aromatic heterocycles. The van der Waals surface area contributed by atoms with Crippen LogP contribution in [-0.2, 0) is 19.1 Å². The second-order valence-corrected chi connectivity index (χ2v) is 5.78. The molecule has 2 aromatic carbocycles. The Morgan fingerprint density at radius 1 is 1.15 bits per heavy atom. The lowest BCUT2D eigenvalue weighted by Crippen LogP contribution is -2.40. The smallest absolute Gasteiger partial charge is 0.310 e. The van der Waals surface area contributed by atoms with Gasteiger partial charge in [-0.1, -0.05) is 30.3 Å². The van der Waals surface area contributed by atoms with E-state index in [4.69, 9.17) is 9.47 Å². The van der Waals surface area contributed by atoms with Gasteiger partial charge in [-0.15, -0.1) is 0 Å². The van der Waals surface area contributed by atoms with Gasteiger partial charge < -0.3 is 20.1 Å². The van der Waals surface area contributed by atoms with Gasteiger partial charge in [0.15, 0.2) is 12.2 Å². The van der Waals surface area contributed by atoms with Gasteiger partial charge in [0.2, 0.25) is 0 Å². The fourth-order valence-corrected chi connectivity index (χ4v) is 2.44. The van der Waals surface area contributed by atoms with Gasteiger partial charge in [-0.05, 0) is 31.2 Å². The normalized spacial score (nSPS) is 16.5. The third kappa shape index (κ3) is 4.18. The molecule has 2 atom stereocenters. The van der Waals surface area contributed by atoms with Crippen molar-refractivity contribution in [3.63, 3.8) is 0 Å². The number of para-hydroxylation sites is 3. The lowest BCUT2D eigenvalue weighted by molar-refractivity contribution is -0.155. The van der Waals surface area contributed by atoms with Crippen LogP contribution in [0.2, 0.25) is 0 Å². The Hall–Kier alpha value is -3.35. The van der Waals surface area contributed by atoms with Crippen LogP contribution in [0.25, 0.3) is 0 Å². The minimum atomic E-state index is -0.998. The summed E-state index contributed by atoms with van der Waals surface area (Å²) in [7, 11) is 0. The predicted molar refractivity (Wildman–Crippen MR) is 94.7 cm³/mol. The van der Waals surface area contributed by atoms with Crippen molar-refractivity contribution in [2.24, 2.45) is 0 Å². The SMILES string of the molecule is CC(OC(=O)CC1Oc2ccccc2NC1=O)C(=O)Nc1ccccc1. The average molecular weight is 354 g/mol. The summed E-state index contributed by atoms with van der Waals surface area (Å²) < 4.78 is 10.7. The number of benzene rings is 2. The van der Waals surface area contributed by atoms with Crippen LogP contribution in [0, 0.1) is 0 Å². The zero-order valence-electron chi connectivity index (χ0n) is 14.1. The molecule has 0 saturated heterocycles. The van der Waals surface area contributed by atoms with Crippen LogP contribution >= 0.6 is 0 Å². The maximum absolute atomic E-state index is 12.1. The first-order chi connectivity index (χ1) is 12.5. The number of nitrogens with one attached hydrogen (secondary N) is 2. The van der Waals surface area contributed by atoms with Gasteiger partial charge in [-0.25, -0.2) is 0 Å². The first-order valence-corrected chi connectivity index (χ1v) is 8.15. The molecular formula is C19H18N2O5. The molecule has 2 aromatic rings. The van der Waals surface area contributed by atoms with Gasteiger partial charge in [0.1, 0.15) is 5.75 Å². The number of rotatable bonds is 5. The highest BCUT2D eigenvalue weighted by molar-refractivity contribution is 6.00. The van der Waals surface area contributed by atoms with Crippen LogP contribution in [0.15, 0.2) is 54.6 Å². The number of carbonyl (C=O) groups is 3. The molecule has 2 N–H and O–H groups in total. The lowest BCUT2D eigenvalue weighted by atomic mass is 10.1. The topological polar surface area (TPSA) is 93.7 Å². The Morgan fingerprint density at radius 2 is 1.85 bits per heavy atom. The van der Waals surface area contributed by atoms with Gasteiger partial charge in [0.25, 0.3) is 11.8 Å². The highest BCUT2D eigenvalue weighted by atomic mass is 16.6.